The van der Waals surface area contributed by atoms with Crippen LogP contribution in [0.1, 0.15) is 109 Å². The van der Waals surface area contributed by atoms with Gasteiger partial charge in [-0.1, -0.05) is 93.4 Å². The Morgan fingerprint density at radius 1 is 0.735 bits per heavy atom. The lowest BCUT2D eigenvalue weighted by molar-refractivity contribution is -0.130. The van der Waals surface area contributed by atoms with Crippen LogP contribution in [0.2, 0.25) is 0 Å². The Bertz CT molecular complexity index is 744. The molecule has 2 N–H and O–H groups in total. The second-order valence-electron chi connectivity index (χ2n) is 8.40. The Kier molecular flexibility index (Phi) is 24.5. The van der Waals surface area contributed by atoms with Crippen molar-refractivity contribution >= 4 is 5.97 Å². The molecular formula is C31H44O3. The molecule has 0 heterocycles. The van der Waals surface area contributed by atoms with Crippen molar-refractivity contribution in [2.45, 2.75) is 115 Å². The van der Waals surface area contributed by atoms with Gasteiger partial charge in [0.2, 0.25) is 0 Å². The number of unbranched alkanes of at least 4 members (excludes halogenated alkanes) is 14. The molecule has 0 amide bonds. The second kappa shape index (κ2) is 26.6. The second-order valence-corrected chi connectivity index (χ2v) is 8.40. The van der Waals surface area contributed by atoms with Crippen LogP contribution in [0.4, 0.5) is 0 Å². The summed E-state index contributed by atoms with van der Waals surface area (Å²) < 4.78 is 0. The molecule has 0 rings (SSSR count). The summed E-state index contributed by atoms with van der Waals surface area (Å²) in [6, 6.07) is 0. The van der Waals surface area contributed by atoms with Crippen molar-refractivity contribution < 1.29 is 15.0 Å². The highest BCUT2D eigenvalue weighted by Crippen LogP contribution is 2.11. The first kappa shape index (κ1) is 31.3. The molecule has 3 heteroatoms. The molecule has 186 valence electrons. The van der Waals surface area contributed by atoms with Crippen molar-refractivity contribution in [3.63, 3.8) is 0 Å². The first-order valence-electron chi connectivity index (χ1n) is 13.0. The number of hydrogen-bond acceptors (Lipinski definition) is 2. The highest BCUT2D eigenvalue weighted by molar-refractivity contribution is 5.86. The van der Waals surface area contributed by atoms with Crippen LogP contribution < -0.4 is 0 Å². The van der Waals surface area contributed by atoms with E-state index in [-0.39, 0.29) is 0 Å². The number of carboxylic acids is 1. The zero-order valence-corrected chi connectivity index (χ0v) is 20.9. The molecule has 0 aromatic rings. The number of aliphatic carboxylic acids is 1. The van der Waals surface area contributed by atoms with Crippen LogP contribution in [-0.4, -0.2) is 22.3 Å². The van der Waals surface area contributed by atoms with Gasteiger partial charge in [0.05, 0.1) is 0 Å². The van der Waals surface area contributed by atoms with Gasteiger partial charge in [-0.25, -0.2) is 4.79 Å². The van der Waals surface area contributed by atoms with E-state index in [0.29, 0.717) is 0 Å². The van der Waals surface area contributed by atoms with Crippen LogP contribution >= 0.6 is 0 Å². The topological polar surface area (TPSA) is 57.5 Å². The molecule has 0 saturated carbocycles. The first-order valence-corrected chi connectivity index (χ1v) is 13.0. The van der Waals surface area contributed by atoms with Crippen LogP contribution in [0.5, 0.6) is 0 Å². The van der Waals surface area contributed by atoms with E-state index in [9.17, 15) is 9.90 Å². The summed E-state index contributed by atoms with van der Waals surface area (Å²) in [6.07, 6.45) is 35.9. The summed E-state index contributed by atoms with van der Waals surface area (Å²) in [7, 11) is 0. The van der Waals surface area contributed by atoms with Gasteiger partial charge in [0.15, 0.2) is 0 Å². The molecule has 1 atom stereocenters. The Labute approximate surface area is 208 Å². The SMILES string of the molecule is C#CC(O)/C=C/CCCCCC#CC/C=C\CCCCCCCCCCC/C=C\C#CC(=O)O. The van der Waals surface area contributed by atoms with E-state index >= 15 is 0 Å². The van der Waals surface area contributed by atoms with Gasteiger partial charge in [-0.2, -0.15) is 0 Å². The molecule has 0 radical (unpaired) electrons. The molecule has 0 spiro atoms. The Morgan fingerprint density at radius 2 is 1.29 bits per heavy atom. The van der Waals surface area contributed by atoms with Crippen molar-refractivity contribution in [3.05, 3.63) is 36.5 Å². The normalized spacial score (nSPS) is 11.8. The molecule has 3 nitrogen and oxygen atoms in total. The van der Waals surface area contributed by atoms with Crippen LogP contribution in [0, 0.1) is 36.0 Å². The van der Waals surface area contributed by atoms with Crippen molar-refractivity contribution in [1.82, 2.24) is 0 Å². The largest absolute Gasteiger partial charge is 0.472 e. The summed E-state index contributed by atoms with van der Waals surface area (Å²) in [5.74, 6) is 12.2. The summed E-state index contributed by atoms with van der Waals surface area (Å²) in [6.45, 7) is 0. The summed E-state index contributed by atoms with van der Waals surface area (Å²) >= 11 is 0. The first-order chi connectivity index (χ1) is 16.7. The lowest BCUT2D eigenvalue weighted by atomic mass is 10.1. The molecule has 0 aliphatic rings. The summed E-state index contributed by atoms with van der Waals surface area (Å²) in [4.78, 5) is 10.2. The average molecular weight is 465 g/mol. The lowest BCUT2D eigenvalue weighted by Crippen LogP contribution is -1.95. The number of hydrogen-bond donors (Lipinski definition) is 2. The van der Waals surface area contributed by atoms with E-state index in [1.54, 1.807) is 12.2 Å². The lowest BCUT2D eigenvalue weighted by Gasteiger charge is -2.01. The molecule has 0 aliphatic heterocycles. The molecule has 0 bridgehead atoms. The van der Waals surface area contributed by atoms with E-state index in [1.165, 1.54) is 51.4 Å². The number of allylic oxidation sites excluding steroid dienone is 5. The van der Waals surface area contributed by atoms with Gasteiger partial charge in [0.1, 0.15) is 6.10 Å². The number of aliphatic hydroxyl groups is 1. The number of aliphatic hydroxyl groups excluding tert-OH is 1. The minimum atomic E-state index is -1.08. The fraction of sp³-hybridized carbons (Fsp3) is 0.581. The summed E-state index contributed by atoms with van der Waals surface area (Å²) in [5.41, 5.74) is 0. The van der Waals surface area contributed by atoms with Crippen LogP contribution in [0.3, 0.4) is 0 Å². The van der Waals surface area contributed by atoms with Gasteiger partial charge in [0, 0.05) is 18.8 Å². The van der Waals surface area contributed by atoms with E-state index in [2.05, 4.69) is 41.8 Å². The minimum Gasteiger partial charge on any atom is -0.472 e. The van der Waals surface area contributed by atoms with Crippen molar-refractivity contribution in [3.8, 4) is 36.0 Å². The molecular weight excluding hydrogens is 420 g/mol. The van der Waals surface area contributed by atoms with Crippen LogP contribution in [-0.2, 0) is 4.79 Å². The predicted octanol–water partition coefficient (Wildman–Crippen LogP) is 7.37. The van der Waals surface area contributed by atoms with Gasteiger partial charge in [0.25, 0.3) is 0 Å². The molecule has 0 saturated heterocycles. The van der Waals surface area contributed by atoms with Crippen LogP contribution in [0.15, 0.2) is 36.5 Å². The number of rotatable bonds is 19. The van der Waals surface area contributed by atoms with Crippen molar-refractivity contribution in [1.29, 1.82) is 0 Å². The molecule has 0 fully saturated rings. The van der Waals surface area contributed by atoms with Crippen molar-refractivity contribution in [2.75, 3.05) is 0 Å². The third kappa shape index (κ3) is 27.4. The zero-order valence-electron chi connectivity index (χ0n) is 20.9. The standard InChI is InChI=1S/C31H44O3/c1-2-30(32)28-26-24-22-20-18-16-14-12-10-8-6-4-3-5-7-9-11-13-15-17-19-21-23-25-27-29-31(33)34/h1,6,8,23,25-26,28,30,32H,3-5,7,9-11,13,15-22,24H2,(H,33,34)/b8-6-,25-23-,28-26+. The van der Waals surface area contributed by atoms with Gasteiger partial charge >= 0.3 is 5.97 Å². The number of carboxylic acid groups (broad SMARTS) is 1. The third-order valence-electron chi connectivity index (χ3n) is 5.30. The highest BCUT2D eigenvalue weighted by Gasteiger charge is 1.92. The highest BCUT2D eigenvalue weighted by atomic mass is 16.4. The van der Waals surface area contributed by atoms with E-state index in [4.69, 9.17) is 11.5 Å². The van der Waals surface area contributed by atoms with Gasteiger partial charge in [-0.05, 0) is 57.1 Å². The fourth-order valence-corrected chi connectivity index (χ4v) is 3.36. The van der Waals surface area contributed by atoms with Crippen LogP contribution in [0.25, 0.3) is 0 Å². The predicted molar refractivity (Wildman–Crippen MR) is 144 cm³/mol. The smallest absolute Gasteiger partial charge is 0.382 e. The molecule has 0 aromatic carbocycles. The third-order valence-corrected chi connectivity index (χ3v) is 5.30. The minimum absolute atomic E-state index is 0.748. The van der Waals surface area contributed by atoms with Gasteiger partial charge in [-0.15, -0.1) is 12.3 Å². The Hall–Kier alpha value is -2.67. The summed E-state index contributed by atoms with van der Waals surface area (Å²) in [5, 5.41) is 17.6. The molecule has 1 unspecified atom stereocenters. The van der Waals surface area contributed by atoms with Crippen molar-refractivity contribution in [2.24, 2.45) is 0 Å². The maximum atomic E-state index is 10.2. The maximum Gasteiger partial charge on any atom is 0.382 e. The fourth-order valence-electron chi connectivity index (χ4n) is 3.36. The van der Waals surface area contributed by atoms with E-state index < -0.39 is 12.1 Å². The monoisotopic (exact) mass is 464 g/mol. The maximum absolute atomic E-state index is 10.2. The van der Waals surface area contributed by atoms with Gasteiger partial charge < -0.3 is 10.2 Å². The van der Waals surface area contributed by atoms with E-state index in [0.717, 1.165) is 57.8 Å². The molecule has 0 aromatic heterocycles. The van der Waals surface area contributed by atoms with Gasteiger partial charge in [-0.3, -0.25) is 0 Å². The Balaban J connectivity index is 3.32. The number of terminal acetylenes is 1. The molecule has 34 heavy (non-hydrogen) atoms. The quantitative estimate of drug-likeness (QED) is 0.119. The average Bonchev–Trinajstić information content (AvgIpc) is 2.83. The zero-order chi connectivity index (χ0) is 25.0. The number of carbonyl (C=O) groups is 1. The Morgan fingerprint density at radius 3 is 1.91 bits per heavy atom. The molecule has 0 aliphatic carbocycles. The van der Waals surface area contributed by atoms with E-state index in [1.807, 2.05) is 12.2 Å².